The number of halogens is 1. The molecule has 0 atom stereocenters. The largest absolute Gasteiger partial charge is 0.398 e. The maximum absolute atomic E-state index is 12.3. The Morgan fingerprint density at radius 3 is 2.67 bits per heavy atom. The molecule has 0 aromatic heterocycles. The molecule has 0 radical (unpaired) electrons. The van der Waals surface area contributed by atoms with Gasteiger partial charge in [0.1, 0.15) is 4.90 Å². The summed E-state index contributed by atoms with van der Waals surface area (Å²) in [7, 11) is -3.67. The molecule has 0 aliphatic carbocycles. The highest BCUT2D eigenvalue weighted by Gasteiger charge is 2.46. The highest BCUT2D eigenvalue weighted by atomic mass is 35.5. The van der Waals surface area contributed by atoms with E-state index < -0.39 is 15.6 Å². The lowest BCUT2D eigenvalue weighted by Gasteiger charge is -2.44. The molecule has 1 aromatic carbocycles. The molecule has 2 rings (SSSR count). The maximum atomic E-state index is 12.3. The van der Waals surface area contributed by atoms with Crippen LogP contribution in [0.25, 0.3) is 0 Å². The molecule has 18 heavy (non-hydrogen) atoms. The van der Waals surface area contributed by atoms with Gasteiger partial charge in [-0.05, 0) is 24.6 Å². The number of nitrogen functional groups attached to an aromatic ring is 1. The smallest absolute Gasteiger partial charge is 0.245 e. The molecule has 1 aromatic rings. The second-order valence-electron chi connectivity index (χ2n) is 4.53. The van der Waals surface area contributed by atoms with E-state index in [4.69, 9.17) is 17.3 Å². The van der Waals surface area contributed by atoms with Gasteiger partial charge in [0.25, 0.3) is 0 Å². The lowest BCUT2D eigenvalue weighted by molar-refractivity contribution is -0.0613. The van der Waals surface area contributed by atoms with Crippen molar-refractivity contribution in [1.29, 1.82) is 0 Å². The van der Waals surface area contributed by atoms with Crippen LogP contribution < -0.4 is 5.73 Å². The summed E-state index contributed by atoms with van der Waals surface area (Å²) in [5.41, 5.74) is 4.91. The fourth-order valence-corrected chi connectivity index (χ4v) is 3.85. The highest BCUT2D eigenvalue weighted by Crippen LogP contribution is 2.33. The van der Waals surface area contributed by atoms with Crippen LogP contribution in [-0.2, 0) is 10.0 Å². The topological polar surface area (TPSA) is 83.6 Å². The van der Waals surface area contributed by atoms with E-state index in [1.54, 1.807) is 0 Å². The molecule has 1 fully saturated rings. The van der Waals surface area contributed by atoms with Crippen molar-refractivity contribution in [1.82, 2.24) is 4.31 Å². The molecule has 0 saturated carbocycles. The van der Waals surface area contributed by atoms with E-state index in [2.05, 4.69) is 0 Å². The van der Waals surface area contributed by atoms with E-state index in [-0.39, 0.29) is 23.7 Å². The standard InChI is InChI=1S/C11H15ClN2O3S/c1-2-11(15)6-14(7-11)18(16,17)10-5-8(12)3-4-9(10)13/h3-5,15H,2,6-7,13H2,1H3. The number of nitrogens with zero attached hydrogens (tertiary/aromatic N) is 1. The maximum Gasteiger partial charge on any atom is 0.245 e. The Hall–Kier alpha value is -0.820. The molecular formula is C11H15ClN2O3S. The summed E-state index contributed by atoms with van der Waals surface area (Å²) in [5, 5.41) is 10.2. The third-order valence-corrected chi connectivity index (χ3v) is 5.28. The summed E-state index contributed by atoms with van der Waals surface area (Å²) < 4.78 is 25.7. The van der Waals surface area contributed by atoms with Crippen LogP contribution >= 0.6 is 11.6 Å². The summed E-state index contributed by atoms with van der Waals surface area (Å²) >= 11 is 5.78. The molecule has 7 heteroatoms. The lowest BCUT2D eigenvalue weighted by Crippen LogP contribution is -2.62. The van der Waals surface area contributed by atoms with Crippen LogP contribution in [0.3, 0.4) is 0 Å². The number of nitrogens with two attached hydrogens (primary N) is 1. The summed E-state index contributed by atoms with van der Waals surface area (Å²) in [6.45, 7) is 2.01. The minimum atomic E-state index is -3.67. The fraction of sp³-hybridized carbons (Fsp3) is 0.455. The number of benzene rings is 1. The molecule has 1 aliphatic heterocycles. The van der Waals surface area contributed by atoms with E-state index in [9.17, 15) is 13.5 Å². The fourth-order valence-electron chi connectivity index (χ4n) is 1.87. The number of β-amino-alcohol motifs (C(OH)–C–C–N with tert-alkyl or cyclic N) is 1. The molecule has 0 spiro atoms. The number of hydrogen-bond acceptors (Lipinski definition) is 4. The van der Waals surface area contributed by atoms with Gasteiger partial charge in [-0.1, -0.05) is 18.5 Å². The summed E-state index contributed by atoms with van der Waals surface area (Å²) in [5.74, 6) is 0. The Kier molecular flexibility index (Phi) is 3.31. The first-order chi connectivity index (χ1) is 8.28. The normalized spacial score (nSPS) is 19.5. The Morgan fingerprint density at radius 1 is 1.50 bits per heavy atom. The quantitative estimate of drug-likeness (QED) is 0.816. The third kappa shape index (κ3) is 2.21. The second-order valence-corrected chi connectivity index (χ2v) is 6.88. The SMILES string of the molecule is CCC1(O)CN(S(=O)(=O)c2cc(Cl)ccc2N)C1. The van der Waals surface area contributed by atoms with Crippen molar-refractivity contribution in [2.75, 3.05) is 18.8 Å². The minimum absolute atomic E-state index is 0.00634. The molecule has 3 N–H and O–H groups in total. The molecule has 0 unspecified atom stereocenters. The van der Waals surface area contributed by atoms with E-state index in [0.29, 0.717) is 11.4 Å². The van der Waals surface area contributed by atoms with Gasteiger partial charge in [0.05, 0.1) is 11.3 Å². The average molecular weight is 291 g/mol. The first-order valence-corrected chi connectivity index (χ1v) is 7.38. The molecule has 100 valence electrons. The Morgan fingerprint density at radius 2 is 2.11 bits per heavy atom. The van der Waals surface area contributed by atoms with Crippen LogP contribution in [0.5, 0.6) is 0 Å². The van der Waals surface area contributed by atoms with E-state index in [0.717, 1.165) is 0 Å². The second kappa shape index (κ2) is 4.38. The zero-order valence-corrected chi connectivity index (χ0v) is 11.5. The van der Waals surface area contributed by atoms with Gasteiger partial charge in [-0.15, -0.1) is 0 Å². The zero-order valence-electron chi connectivity index (χ0n) is 9.93. The Labute approximate surface area is 111 Å². The van der Waals surface area contributed by atoms with Gasteiger partial charge in [-0.2, -0.15) is 4.31 Å². The number of rotatable bonds is 3. The van der Waals surface area contributed by atoms with E-state index in [1.165, 1.54) is 22.5 Å². The summed E-state index contributed by atoms with van der Waals surface area (Å²) in [6.07, 6.45) is 0.518. The van der Waals surface area contributed by atoms with Crippen LogP contribution in [0.1, 0.15) is 13.3 Å². The van der Waals surface area contributed by atoms with Gasteiger partial charge in [0, 0.05) is 18.1 Å². The van der Waals surface area contributed by atoms with Crippen LogP contribution in [0.15, 0.2) is 23.1 Å². The number of aliphatic hydroxyl groups is 1. The molecule has 1 heterocycles. The minimum Gasteiger partial charge on any atom is -0.398 e. The molecular weight excluding hydrogens is 276 g/mol. The third-order valence-electron chi connectivity index (χ3n) is 3.19. The van der Waals surface area contributed by atoms with Gasteiger partial charge >= 0.3 is 0 Å². The summed E-state index contributed by atoms with van der Waals surface area (Å²) in [4.78, 5) is -0.00634. The van der Waals surface area contributed by atoms with E-state index >= 15 is 0 Å². The number of hydrogen-bond donors (Lipinski definition) is 2. The molecule has 5 nitrogen and oxygen atoms in total. The van der Waals surface area contributed by atoms with Crippen LogP contribution in [0.2, 0.25) is 5.02 Å². The van der Waals surface area contributed by atoms with Gasteiger partial charge < -0.3 is 10.8 Å². The van der Waals surface area contributed by atoms with Gasteiger partial charge in [-0.25, -0.2) is 8.42 Å². The number of anilines is 1. The van der Waals surface area contributed by atoms with Crippen LogP contribution in [0, 0.1) is 0 Å². The predicted molar refractivity (Wildman–Crippen MR) is 69.9 cm³/mol. The van der Waals surface area contributed by atoms with Crippen LogP contribution in [-0.4, -0.2) is 36.5 Å². The van der Waals surface area contributed by atoms with E-state index in [1.807, 2.05) is 6.92 Å². The Balaban J connectivity index is 2.31. The van der Waals surface area contributed by atoms with Crippen molar-refractivity contribution < 1.29 is 13.5 Å². The van der Waals surface area contributed by atoms with Crippen molar-refractivity contribution in [2.45, 2.75) is 23.8 Å². The monoisotopic (exact) mass is 290 g/mol. The zero-order chi connectivity index (χ0) is 13.6. The van der Waals surface area contributed by atoms with Crippen molar-refractivity contribution in [2.24, 2.45) is 0 Å². The first kappa shape index (κ1) is 13.6. The van der Waals surface area contributed by atoms with Crippen LogP contribution in [0.4, 0.5) is 5.69 Å². The first-order valence-electron chi connectivity index (χ1n) is 5.56. The van der Waals surface area contributed by atoms with Crippen molar-refractivity contribution in [3.05, 3.63) is 23.2 Å². The molecule has 1 saturated heterocycles. The molecule has 0 bridgehead atoms. The number of sulfonamides is 1. The van der Waals surface area contributed by atoms with Gasteiger partial charge in [0.15, 0.2) is 0 Å². The Bertz CT molecular complexity index is 568. The average Bonchev–Trinajstić information content (AvgIpc) is 2.28. The highest BCUT2D eigenvalue weighted by molar-refractivity contribution is 7.89. The molecule has 0 amide bonds. The van der Waals surface area contributed by atoms with Crippen molar-refractivity contribution >= 4 is 27.3 Å². The van der Waals surface area contributed by atoms with Crippen molar-refractivity contribution in [3.8, 4) is 0 Å². The predicted octanol–water partition coefficient (Wildman–Crippen LogP) is 1.07. The van der Waals surface area contributed by atoms with Gasteiger partial charge in [-0.3, -0.25) is 0 Å². The summed E-state index contributed by atoms with van der Waals surface area (Å²) in [6, 6.07) is 4.32. The van der Waals surface area contributed by atoms with Gasteiger partial charge in [0.2, 0.25) is 10.0 Å². The lowest BCUT2D eigenvalue weighted by atomic mass is 9.94. The molecule has 1 aliphatic rings. The van der Waals surface area contributed by atoms with Crippen molar-refractivity contribution in [3.63, 3.8) is 0 Å².